The van der Waals surface area contributed by atoms with E-state index in [4.69, 9.17) is 5.26 Å². The predicted octanol–water partition coefficient (Wildman–Crippen LogP) is 3.97. The van der Waals surface area contributed by atoms with E-state index in [1.54, 1.807) is 13.0 Å². The molecule has 0 fully saturated rings. The van der Waals surface area contributed by atoms with Crippen LogP contribution in [0.1, 0.15) is 61.3 Å². The molecule has 7 nitrogen and oxygen atoms in total. The van der Waals surface area contributed by atoms with Crippen LogP contribution in [-0.2, 0) is 4.79 Å². The number of aromatic nitrogens is 1. The van der Waals surface area contributed by atoms with E-state index in [-0.39, 0.29) is 36.2 Å². The van der Waals surface area contributed by atoms with Gasteiger partial charge in [0.1, 0.15) is 5.82 Å². The Morgan fingerprint density at radius 1 is 1.26 bits per heavy atom. The molecule has 1 unspecified atom stereocenters. The summed E-state index contributed by atoms with van der Waals surface area (Å²) in [6.45, 7) is 8.04. The van der Waals surface area contributed by atoms with E-state index >= 15 is 0 Å². The third-order valence-corrected chi connectivity index (χ3v) is 5.82. The van der Waals surface area contributed by atoms with Gasteiger partial charge in [-0.15, -0.1) is 0 Å². The smallest absolute Gasteiger partial charge is 0.251 e. The minimum atomic E-state index is -0.231. The Labute approximate surface area is 183 Å². The second-order valence-electron chi connectivity index (χ2n) is 7.95. The number of fused-ring (bicyclic) bond motifs is 1. The van der Waals surface area contributed by atoms with Crippen molar-refractivity contribution < 1.29 is 9.59 Å². The average Bonchev–Trinajstić information content (AvgIpc) is 2.74. The quantitative estimate of drug-likeness (QED) is 0.691. The number of nitrogens with zero attached hydrogens (tertiary/aromatic N) is 3. The van der Waals surface area contributed by atoms with Gasteiger partial charge >= 0.3 is 0 Å². The molecule has 1 aliphatic rings. The zero-order valence-corrected chi connectivity index (χ0v) is 18.5. The molecule has 3 atom stereocenters. The lowest BCUT2D eigenvalue weighted by Gasteiger charge is -2.45. The Morgan fingerprint density at radius 3 is 2.68 bits per heavy atom. The summed E-state index contributed by atoms with van der Waals surface area (Å²) in [6.07, 6.45) is 1.07. The van der Waals surface area contributed by atoms with Crippen LogP contribution in [0.2, 0.25) is 0 Å². The van der Waals surface area contributed by atoms with Gasteiger partial charge in [-0.1, -0.05) is 19.9 Å². The van der Waals surface area contributed by atoms with Gasteiger partial charge < -0.3 is 15.5 Å². The highest BCUT2D eigenvalue weighted by atomic mass is 16.2. The molecule has 0 spiro atoms. The highest BCUT2D eigenvalue weighted by Gasteiger charge is 2.40. The Bertz CT molecular complexity index is 1010. The van der Waals surface area contributed by atoms with Crippen LogP contribution in [0.25, 0.3) is 0 Å². The summed E-state index contributed by atoms with van der Waals surface area (Å²) in [4.78, 5) is 31.6. The van der Waals surface area contributed by atoms with Crippen molar-refractivity contribution in [1.29, 1.82) is 5.26 Å². The summed E-state index contributed by atoms with van der Waals surface area (Å²) in [6, 6.07) is 13.2. The molecule has 2 N–H and O–H groups in total. The summed E-state index contributed by atoms with van der Waals surface area (Å²) in [5.74, 6) is 0.613. The number of hydrogen-bond acceptors (Lipinski definition) is 5. The maximum atomic E-state index is 12.6. The second kappa shape index (κ2) is 9.61. The van der Waals surface area contributed by atoms with Crippen molar-refractivity contribution in [2.24, 2.45) is 5.92 Å². The average molecular weight is 420 g/mol. The van der Waals surface area contributed by atoms with Crippen LogP contribution in [0.5, 0.6) is 0 Å². The number of anilines is 2. The maximum Gasteiger partial charge on any atom is 0.251 e. The molecule has 1 aliphatic heterocycles. The number of benzene rings is 1. The van der Waals surface area contributed by atoms with E-state index in [0.717, 1.165) is 29.2 Å². The van der Waals surface area contributed by atoms with Gasteiger partial charge in [0.05, 0.1) is 18.5 Å². The minimum Gasteiger partial charge on any atom is -0.363 e. The Kier molecular flexibility index (Phi) is 6.91. The zero-order valence-electron chi connectivity index (χ0n) is 18.5. The lowest BCUT2D eigenvalue weighted by Crippen LogP contribution is -2.49. The fourth-order valence-corrected chi connectivity index (χ4v) is 4.37. The zero-order chi connectivity index (χ0) is 22.5. The van der Waals surface area contributed by atoms with Crippen molar-refractivity contribution >= 4 is 23.3 Å². The highest BCUT2D eigenvalue weighted by molar-refractivity contribution is 5.98. The van der Waals surface area contributed by atoms with Crippen molar-refractivity contribution in [3.63, 3.8) is 0 Å². The summed E-state index contributed by atoms with van der Waals surface area (Å²) in [5, 5.41) is 15.0. The van der Waals surface area contributed by atoms with Crippen LogP contribution in [-0.4, -0.2) is 29.4 Å². The molecule has 2 aromatic rings. The van der Waals surface area contributed by atoms with Crippen molar-refractivity contribution in [3.05, 3.63) is 53.2 Å². The molecular formula is C24H29N5O2. The predicted molar refractivity (Wildman–Crippen MR) is 121 cm³/mol. The van der Waals surface area contributed by atoms with Gasteiger partial charge in [0.2, 0.25) is 5.91 Å². The first-order valence-electron chi connectivity index (χ1n) is 10.7. The van der Waals surface area contributed by atoms with Gasteiger partial charge in [0.15, 0.2) is 0 Å². The Hall–Kier alpha value is -3.40. The largest absolute Gasteiger partial charge is 0.363 e. The number of hydrogen-bond donors (Lipinski definition) is 2. The molecule has 162 valence electrons. The van der Waals surface area contributed by atoms with Gasteiger partial charge in [-0.05, 0) is 49.2 Å². The molecule has 31 heavy (non-hydrogen) atoms. The van der Waals surface area contributed by atoms with Gasteiger partial charge in [-0.3, -0.25) is 9.59 Å². The normalized spacial score (nSPS) is 19.8. The van der Waals surface area contributed by atoms with E-state index in [0.29, 0.717) is 12.1 Å². The third-order valence-electron chi connectivity index (χ3n) is 5.82. The summed E-state index contributed by atoms with van der Waals surface area (Å²) in [7, 11) is 0. The number of nitriles is 1. The number of pyridine rings is 1. The Balaban J connectivity index is 2.05. The highest BCUT2D eigenvalue weighted by Crippen LogP contribution is 2.43. The second-order valence-corrected chi connectivity index (χ2v) is 7.95. The van der Waals surface area contributed by atoms with Crippen molar-refractivity contribution in [2.75, 3.05) is 16.8 Å². The fourth-order valence-electron chi connectivity index (χ4n) is 4.37. The van der Waals surface area contributed by atoms with E-state index in [2.05, 4.69) is 29.5 Å². The van der Waals surface area contributed by atoms with Crippen LogP contribution < -0.4 is 15.5 Å². The van der Waals surface area contributed by atoms with Gasteiger partial charge in [-0.25, -0.2) is 4.98 Å². The van der Waals surface area contributed by atoms with Crippen LogP contribution in [0, 0.1) is 24.2 Å². The van der Waals surface area contributed by atoms with Gasteiger partial charge in [0, 0.05) is 42.4 Å². The molecule has 0 saturated heterocycles. The lowest BCUT2D eigenvalue weighted by molar-refractivity contribution is -0.117. The lowest BCUT2D eigenvalue weighted by atomic mass is 9.80. The topological polar surface area (TPSA) is 98.1 Å². The summed E-state index contributed by atoms with van der Waals surface area (Å²) >= 11 is 0. The molecular weight excluding hydrogens is 390 g/mol. The van der Waals surface area contributed by atoms with Crippen LogP contribution in [0.4, 0.5) is 11.5 Å². The van der Waals surface area contributed by atoms with Crippen LogP contribution in [0.3, 0.4) is 0 Å². The SMILES string of the molecule is CC[C@H]1[C@H](C)C(Nc2cccc(C)n2)c2cc(C(=O)NCCC#N)ccc2N1C(C)=O. The summed E-state index contributed by atoms with van der Waals surface area (Å²) in [5.41, 5.74) is 3.13. The number of carbonyl (C=O) groups is 2. The van der Waals surface area contributed by atoms with Gasteiger partial charge in [0.25, 0.3) is 5.91 Å². The first kappa shape index (κ1) is 22.3. The molecule has 0 aliphatic carbocycles. The van der Waals surface area contributed by atoms with E-state index in [9.17, 15) is 9.59 Å². The van der Waals surface area contributed by atoms with E-state index in [1.807, 2.05) is 48.2 Å². The molecule has 3 rings (SSSR count). The van der Waals surface area contributed by atoms with Gasteiger partial charge in [-0.2, -0.15) is 5.26 Å². The number of amides is 2. The Morgan fingerprint density at radius 2 is 2.03 bits per heavy atom. The molecule has 2 heterocycles. The van der Waals surface area contributed by atoms with Crippen LogP contribution >= 0.6 is 0 Å². The molecule has 2 amide bonds. The van der Waals surface area contributed by atoms with Crippen molar-refractivity contribution in [3.8, 4) is 6.07 Å². The fraction of sp³-hybridized carbons (Fsp3) is 0.417. The molecule has 7 heteroatoms. The first-order valence-corrected chi connectivity index (χ1v) is 10.7. The van der Waals surface area contributed by atoms with E-state index in [1.165, 1.54) is 0 Å². The van der Waals surface area contributed by atoms with Crippen molar-refractivity contribution in [1.82, 2.24) is 10.3 Å². The molecule has 0 bridgehead atoms. The molecule has 1 aromatic heterocycles. The number of nitrogens with one attached hydrogen (secondary N) is 2. The van der Waals surface area contributed by atoms with Crippen molar-refractivity contribution in [2.45, 2.75) is 52.6 Å². The molecule has 1 aromatic carbocycles. The number of carbonyl (C=O) groups excluding carboxylic acids is 2. The number of rotatable bonds is 6. The minimum absolute atomic E-state index is 0.0155. The monoisotopic (exact) mass is 419 g/mol. The third kappa shape index (κ3) is 4.69. The van der Waals surface area contributed by atoms with Crippen LogP contribution in [0.15, 0.2) is 36.4 Å². The first-order chi connectivity index (χ1) is 14.9. The molecule has 0 saturated carbocycles. The standard InChI is InChI=1S/C24H29N5O2/c1-5-20-16(3)23(28-22-9-6-8-15(2)27-22)19-14-18(24(31)26-13-7-12-25)10-11-21(19)29(20)17(4)30/h6,8-11,14,16,20,23H,5,7,13H2,1-4H3,(H,26,31)(H,27,28)/t16-,20-,23?/m0/s1. The maximum absolute atomic E-state index is 12.6. The number of aryl methyl sites for hydroxylation is 1. The summed E-state index contributed by atoms with van der Waals surface area (Å²) < 4.78 is 0. The molecule has 0 radical (unpaired) electrons. The van der Waals surface area contributed by atoms with E-state index < -0.39 is 0 Å².